The van der Waals surface area contributed by atoms with Crippen LogP contribution in [0.2, 0.25) is 0 Å². The maximum Gasteiger partial charge on any atom is 0.269 e. The van der Waals surface area contributed by atoms with Gasteiger partial charge < -0.3 is 20.1 Å². The van der Waals surface area contributed by atoms with E-state index in [1.165, 1.54) is 24.3 Å². The van der Waals surface area contributed by atoms with Crippen LogP contribution in [0.4, 0.5) is 11.4 Å². The van der Waals surface area contributed by atoms with Crippen molar-refractivity contribution in [2.75, 3.05) is 32.2 Å². The van der Waals surface area contributed by atoms with Crippen LogP contribution in [-0.4, -0.2) is 43.6 Å². The van der Waals surface area contributed by atoms with E-state index in [1.807, 2.05) is 0 Å². The summed E-state index contributed by atoms with van der Waals surface area (Å²) in [5, 5.41) is 16.0. The fourth-order valence-corrected chi connectivity index (χ4v) is 2.24. The van der Waals surface area contributed by atoms with Crippen molar-refractivity contribution in [3.8, 4) is 5.75 Å². The molecule has 0 aliphatic carbocycles. The zero-order valence-electron chi connectivity index (χ0n) is 15.3. The van der Waals surface area contributed by atoms with E-state index in [0.29, 0.717) is 30.2 Å². The average Bonchev–Trinajstić information content (AvgIpc) is 2.70. The molecule has 2 N–H and O–H groups in total. The van der Waals surface area contributed by atoms with Crippen LogP contribution >= 0.6 is 0 Å². The summed E-state index contributed by atoms with van der Waals surface area (Å²) in [4.78, 5) is 34.0. The molecule has 0 fully saturated rings. The standard InChI is InChI=1S/C19H21N3O6/c1-27-12-2-11-20-19(24)14-3-5-15(6-4-14)21-18(23)13-28-17-9-7-16(8-10-17)22(25)26/h3-10H,2,11-13H2,1H3,(H,20,24)(H,21,23). The predicted octanol–water partition coefficient (Wildman–Crippen LogP) is 2.38. The Kier molecular flexibility index (Phi) is 7.92. The lowest BCUT2D eigenvalue weighted by molar-refractivity contribution is -0.384. The van der Waals surface area contributed by atoms with Crippen LogP contribution in [0, 0.1) is 10.1 Å². The molecule has 0 saturated carbocycles. The Labute approximate surface area is 161 Å². The van der Waals surface area contributed by atoms with E-state index in [2.05, 4.69) is 10.6 Å². The van der Waals surface area contributed by atoms with Gasteiger partial charge in [0.05, 0.1) is 4.92 Å². The fourth-order valence-electron chi connectivity index (χ4n) is 2.24. The molecule has 2 aromatic rings. The molecule has 0 aliphatic rings. The van der Waals surface area contributed by atoms with Gasteiger partial charge in [-0.2, -0.15) is 0 Å². The highest BCUT2D eigenvalue weighted by Crippen LogP contribution is 2.17. The van der Waals surface area contributed by atoms with E-state index in [4.69, 9.17) is 9.47 Å². The van der Waals surface area contributed by atoms with Crippen LogP contribution in [0.25, 0.3) is 0 Å². The molecule has 0 unspecified atom stereocenters. The van der Waals surface area contributed by atoms with Gasteiger partial charge in [-0.3, -0.25) is 19.7 Å². The number of ether oxygens (including phenoxy) is 2. The Hall–Kier alpha value is -3.46. The number of rotatable bonds is 10. The zero-order chi connectivity index (χ0) is 20.4. The maximum absolute atomic E-state index is 12.0. The van der Waals surface area contributed by atoms with Crippen molar-refractivity contribution in [3.63, 3.8) is 0 Å². The number of benzene rings is 2. The smallest absolute Gasteiger partial charge is 0.269 e. The molecule has 0 atom stereocenters. The van der Waals surface area contributed by atoms with Gasteiger partial charge in [0.15, 0.2) is 6.61 Å². The van der Waals surface area contributed by atoms with Gasteiger partial charge in [-0.1, -0.05) is 0 Å². The molecule has 9 nitrogen and oxygen atoms in total. The van der Waals surface area contributed by atoms with Crippen LogP contribution in [0.15, 0.2) is 48.5 Å². The number of nitrogens with zero attached hydrogens (tertiary/aromatic N) is 1. The molecular formula is C19H21N3O6. The Morgan fingerprint density at radius 1 is 1.07 bits per heavy atom. The lowest BCUT2D eigenvalue weighted by Crippen LogP contribution is -2.25. The molecule has 28 heavy (non-hydrogen) atoms. The molecule has 0 heterocycles. The van der Waals surface area contributed by atoms with E-state index in [1.54, 1.807) is 31.4 Å². The molecular weight excluding hydrogens is 366 g/mol. The molecule has 2 aromatic carbocycles. The molecule has 0 saturated heterocycles. The molecule has 2 amide bonds. The number of hydrogen-bond donors (Lipinski definition) is 2. The van der Waals surface area contributed by atoms with Crippen molar-refractivity contribution in [3.05, 3.63) is 64.2 Å². The van der Waals surface area contributed by atoms with Crippen LogP contribution < -0.4 is 15.4 Å². The average molecular weight is 387 g/mol. The topological polar surface area (TPSA) is 120 Å². The molecule has 0 aliphatic heterocycles. The maximum atomic E-state index is 12.0. The Bertz CT molecular complexity index is 805. The highest BCUT2D eigenvalue weighted by atomic mass is 16.6. The van der Waals surface area contributed by atoms with Gasteiger partial charge in [-0.15, -0.1) is 0 Å². The van der Waals surface area contributed by atoms with Crippen molar-refractivity contribution in [2.24, 2.45) is 0 Å². The van der Waals surface area contributed by atoms with Gasteiger partial charge in [-0.05, 0) is 42.8 Å². The molecule has 2 rings (SSSR count). The number of carbonyl (C=O) groups is 2. The zero-order valence-corrected chi connectivity index (χ0v) is 15.3. The normalized spacial score (nSPS) is 10.2. The Morgan fingerprint density at radius 2 is 1.75 bits per heavy atom. The van der Waals surface area contributed by atoms with Gasteiger partial charge in [-0.25, -0.2) is 0 Å². The highest BCUT2D eigenvalue weighted by Gasteiger charge is 2.08. The summed E-state index contributed by atoms with van der Waals surface area (Å²) >= 11 is 0. The van der Waals surface area contributed by atoms with Gasteiger partial charge in [0.1, 0.15) is 5.75 Å². The first-order chi connectivity index (χ1) is 13.5. The number of nitro benzene ring substituents is 1. The van der Waals surface area contributed by atoms with Gasteiger partial charge >= 0.3 is 0 Å². The first kappa shape index (κ1) is 20.8. The third-order valence-corrected chi connectivity index (χ3v) is 3.66. The minimum Gasteiger partial charge on any atom is -0.484 e. The van der Waals surface area contributed by atoms with Crippen LogP contribution in [0.1, 0.15) is 16.8 Å². The van der Waals surface area contributed by atoms with Crippen LogP contribution in [-0.2, 0) is 9.53 Å². The minimum atomic E-state index is -0.514. The lowest BCUT2D eigenvalue weighted by Gasteiger charge is -2.09. The minimum absolute atomic E-state index is 0.0559. The number of amides is 2. The summed E-state index contributed by atoms with van der Waals surface area (Å²) in [7, 11) is 1.60. The predicted molar refractivity (Wildman–Crippen MR) is 102 cm³/mol. The molecule has 148 valence electrons. The first-order valence-corrected chi connectivity index (χ1v) is 8.54. The molecule has 0 bridgehead atoms. The molecule has 9 heteroatoms. The van der Waals surface area contributed by atoms with Crippen molar-refractivity contribution >= 4 is 23.2 Å². The molecule has 0 aromatic heterocycles. The number of methoxy groups -OCH3 is 1. The van der Waals surface area contributed by atoms with E-state index < -0.39 is 10.8 Å². The highest BCUT2D eigenvalue weighted by molar-refractivity contribution is 5.96. The number of hydrogen-bond acceptors (Lipinski definition) is 6. The van der Waals surface area contributed by atoms with Crippen molar-refractivity contribution < 1.29 is 24.0 Å². The molecule has 0 spiro atoms. The first-order valence-electron chi connectivity index (χ1n) is 8.54. The van der Waals surface area contributed by atoms with Crippen molar-refractivity contribution in [1.29, 1.82) is 0 Å². The number of nitro groups is 1. The van der Waals surface area contributed by atoms with Crippen LogP contribution in [0.5, 0.6) is 5.75 Å². The monoisotopic (exact) mass is 387 g/mol. The van der Waals surface area contributed by atoms with Gasteiger partial charge in [0.2, 0.25) is 0 Å². The van der Waals surface area contributed by atoms with E-state index in [9.17, 15) is 19.7 Å². The lowest BCUT2D eigenvalue weighted by atomic mass is 10.2. The summed E-state index contributed by atoms with van der Waals surface area (Å²) in [5.41, 5.74) is 0.949. The largest absolute Gasteiger partial charge is 0.484 e. The second-order valence-corrected chi connectivity index (χ2v) is 5.77. The van der Waals surface area contributed by atoms with E-state index in [-0.39, 0.29) is 18.2 Å². The van der Waals surface area contributed by atoms with Gasteiger partial charge in [0.25, 0.3) is 17.5 Å². The number of anilines is 1. The Balaban J connectivity index is 1.78. The van der Waals surface area contributed by atoms with Crippen molar-refractivity contribution in [2.45, 2.75) is 6.42 Å². The summed E-state index contributed by atoms with van der Waals surface area (Å²) in [5.74, 6) is -0.244. The molecule has 0 radical (unpaired) electrons. The van der Waals surface area contributed by atoms with Crippen LogP contribution in [0.3, 0.4) is 0 Å². The van der Waals surface area contributed by atoms with Crippen molar-refractivity contribution in [1.82, 2.24) is 5.32 Å². The third kappa shape index (κ3) is 6.69. The fraction of sp³-hybridized carbons (Fsp3) is 0.263. The van der Waals surface area contributed by atoms with E-state index >= 15 is 0 Å². The SMILES string of the molecule is COCCCNC(=O)c1ccc(NC(=O)COc2ccc([N+](=O)[O-])cc2)cc1. The van der Waals surface area contributed by atoms with E-state index in [0.717, 1.165) is 6.42 Å². The summed E-state index contributed by atoms with van der Waals surface area (Å²) < 4.78 is 10.2. The second kappa shape index (κ2) is 10.6. The third-order valence-electron chi connectivity index (χ3n) is 3.66. The summed E-state index contributed by atoms with van der Waals surface area (Å²) in [6, 6.07) is 11.9. The quantitative estimate of drug-likeness (QED) is 0.367. The number of nitrogens with one attached hydrogen (secondary N) is 2. The Morgan fingerprint density at radius 3 is 2.36 bits per heavy atom. The summed E-state index contributed by atoms with van der Waals surface area (Å²) in [6.07, 6.45) is 0.727. The number of non-ortho nitro benzene ring substituents is 1. The summed E-state index contributed by atoms with van der Waals surface area (Å²) in [6.45, 7) is 0.845. The number of carbonyl (C=O) groups excluding carboxylic acids is 2. The van der Waals surface area contributed by atoms with Gasteiger partial charge in [0, 0.05) is 43.6 Å². The second-order valence-electron chi connectivity index (χ2n) is 5.77.